The maximum Gasteiger partial charge on any atom is 0.00989 e. The van der Waals surface area contributed by atoms with Crippen LogP contribution in [0.15, 0.2) is 0 Å². The van der Waals surface area contributed by atoms with Crippen LogP contribution in [0.2, 0.25) is 0 Å². The van der Waals surface area contributed by atoms with Crippen LogP contribution in [0.25, 0.3) is 0 Å². The molecule has 0 spiro atoms. The fraction of sp³-hybridized carbons (Fsp3) is 0.222. The smallest absolute Gasteiger partial charge is 0.00989 e. The van der Waals surface area contributed by atoms with Crippen molar-refractivity contribution in [3.8, 4) is 29.6 Å². The second-order valence-corrected chi connectivity index (χ2v) is 1.28. The lowest BCUT2D eigenvalue weighted by Gasteiger charge is -1.71. The molecule has 0 N–H and O–H groups in total. The molecule has 0 aromatic heterocycles. The maximum atomic E-state index is 6.38. The summed E-state index contributed by atoms with van der Waals surface area (Å²) in [5, 5.41) is 0. The molecule has 0 saturated carbocycles. The summed E-state index contributed by atoms with van der Waals surface area (Å²) in [6.07, 6.45) is 7.96. The Balaban J connectivity index is 3.52. The van der Waals surface area contributed by atoms with E-state index in [1.807, 2.05) is 5.92 Å². The molecule has 0 fully saturated rings. The van der Waals surface area contributed by atoms with Crippen LogP contribution >= 0.6 is 0 Å². The molecular weight excluding hydrogens is 108 g/mol. The van der Waals surface area contributed by atoms with Crippen molar-refractivity contribution in [1.29, 1.82) is 0 Å². The van der Waals surface area contributed by atoms with Crippen LogP contribution in [0.3, 0.4) is 0 Å². The van der Waals surface area contributed by atoms with Gasteiger partial charge in [-0.15, -0.1) is 0 Å². The number of unbranched alkanes of at least 4 members (excludes halogenated alkanes) is 1. The highest BCUT2D eigenvalue weighted by atomic mass is 13.7. The lowest BCUT2D eigenvalue weighted by Crippen LogP contribution is -1.59. The fourth-order valence-electron chi connectivity index (χ4n) is 0.258. The molecule has 0 atom stereocenters. The van der Waals surface area contributed by atoms with Crippen molar-refractivity contribution in [2.24, 2.45) is 0 Å². The van der Waals surface area contributed by atoms with Crippen LogP contribution in [0.5, 0.6) is 0 Å². The van der Waals surface area contributed by atoms with E-state index in [4.69, 9.17) is 6.42 Å². The average Bonchev–Trinajstić information content (AvgIpc) is 1.89. The molecule has 2 radical (unpaired) electrons. The highest BCUT2D eigenvalue weighted by Gasteiger charge is 1.65. The van der Waals surface area contributed by atoms with Gasteiger partial charge >= 0.3 is 0 Å². The van der Waals surface area contributed by atoms with E-state index < -0.39 is 0 Å². The molecule has 0 bridgehead atoms. The first kappa shape index (κ1) is 7.68. The summed E-state index contributed by atoms with van der Waals surface area (Å²) in [4.78, 5) is 0. The summed E-state index contributed by atoms with van der Waals surface area (Å²) in [6.45, 7) is 3.60. The van der Waals surface area contributed by atoms with Gasteiger partial charge in [-0.3, -0.25) is 0 Å². The van der Waals surface area contributed by atoms with Gasteiger partial charge in [0.05, 0.1) is 0 Å². The molecule has 0 aliphatic heterocycles. The molecule has 0 nitrogen and oxygen atoms in total. The van der Waals surface area contributed by atoms with Gasteiger partial charge in [0, 0.05) is 6.42 Å². The van der Waals surface area contributed by atoms with Gasteiger partial charge in [-0.2, -0.15) is 0 Å². The van der Waals surface area contributed by atoms with Crippen molar-refractivity contribution in [1.82, 2.24) is 0 Å². The van der Waals surface area contributed by atoms with Gasteiger partial charge in [0.2, 0.25) is 0 Å². The van der Waals surface area contributed by atoms with Gasteiger partial charge in [-0.25, -0.2) is 0 Å². The van der Waals surface area contributed by atoms with Crippen molar-refractivity contribution < 1.29 is 0 Å². The number of rotatable bonds is 1. The number of hydrogen-bond acceptors (Lipinski definition) is 0. The molecule has 0 amide bonds. The Morgan fingerprint density at radius 3 is 2.56 bits per heavy atom. The molecule has 42 valence electrons. The normalized spacial score (nSPS) is 5.33. The lowest BCUT2D eigenvalue weighted by molar-refractivity contribution is 1.08. The van der Waals surface area contributed by atoms with Crippen LogP contribution < -0.4 is 0 Å². The Hall–Kier alpha value is -1.32. The second kappa shape index (κ2) is 6.68. The Morgan fingerprint density at radius 2 is 2.00 bits per heavy atom. The Kier molecular flexibility index (Phi) is 5.70. The summed E-state index contributed by atoms with van der Waals surface area (Å²) in [6, 6.07) is 0. The standard InChI is InChI=1S/C9H6/c1-3-5-7-9-8-6-4-2/h1,3,5H2. The minimum atomic E-state index is 0.771. The molecule has 0 heterocycles. The predicted octanol–water partition coefficient (Wildman–Crippen LogP) is 1.20. The maximum absolute atomic E-state index is 6.38. The van der Waals surface area contributed by atoms with E-state index in [9.17, 15) is 0 Å². The topological polar surface area (TPSA) is 0 Å². The predicted molar refractivity (Wildman–Crippen MR) is 37.3 cm³/mol. The highest BCUT2D eigenvalue weighted by Crippen LogP contribution is 1.78. The number of hydrogen-bond donors (Lipinski definition) is 0. The van der Waals surface area contributed by atoms with Crippen molar-refractivity contribution in [3.05, 3.63) is 13.3 Å². The molecule has 0 aliphatic rings. The van der Waals surface area contributed by atoms with Crippen LogP contribution in [-0.4, -0.2) is 0 Å². The van der Waals surface area contributed by atoms with E-state index in [1.54, 1.807) is 0 Å². The quantitative estimate of drug-likeness (QED) is 0.449. The molecule has 9 heavy (non-hydrogen) atoms. The van der Waals surface area contributed by atoms with Crippen molar-refractivity contribution >= 4 is 0 Å². The lowest BCUT2D eigenvalue weighted by atomic mass is 10.3. The zero-order valence-electron chi connectivity index (χ0n) is 5.12. The van der Waals surface area contributed by atoms with Gasteiger partial charge in [-0.1, -0.05) is 12.8 Å². The Bertz CT molecular complexity index is 206. The largest absolute Gasteiger partial charge is 0.0891 e. The van der Waals surface area contributed by atoms with E-state index in [0.29, 0.717) is 0 Å². The van der Waals surface area contributed by atoms with E-state index in [1.165, 1.54) is 0 Å². The second-order valence-electron chi connectivity index (χ2n) is 1.28. The molecule has 0 aliphatic carbocycles. The first-order valence-electron chi connectivity index (χ1n) is 2.60. The minimum Gasteiger partial charge on any atom is -0.0891 e. The molecule has 0 heteroatoms. The van der Waals surface area contributed by atoms with E-state index in [2.05, 4.69) is 30.6 Å². The molecule has 0 unspecified atom stereocenters. The van der Waals surface area contributed by atoms with E-state index in [-0.39, 0.29) is 0 Å². The Labute approximate surface area is 56.7 Å². The van der Waals surface area contributed by atoms with Crippen molar-refractivity contribution in [3.63, 3.8) is 0 Å². The molecular formula is C9H6. The highest BCUT2D eigenvalue weighted by molar-refractivity contribution is 5.32. The van der Waals surface area contributed by atoms with Gasteiger partial charge in [0.15, 0.2) is 0 Å². The van der Waals surface area contributed by atoms with Crippen molar-refractivity contribution in [2.45, 2.75) is 12.8 Å². The fourth-order valence-corrected chi connectivity index (χ4v) is 0.258. The zero-order chi connectivity index (χ0) is 6.95. The van der Waals surface area contributed by atoms with Crippen LogP contribution in [-0.2, 0) is 0 Å². The van der Waals surface area contributed by atoms with Crippen LogP contribution in [0.4, 0.5) is 0 Å². The zero-order valence-corrected chi connectivity index (χ0v) is 5.12. The third-order valence-electron chi connectivity index (χ3n) is 0.578. The SMILES string of the molecule is [C]#CC#CC#CCC[CH2]. The summed E-state index contributed by atoms with van der Waals surface area (Å²) in [7, 11) is 0. The van der Waals surface area contributed by atoms with Crippen LogP contribution in [0.1, 0.15) is 12.8 Å². The first-order chi connectivity index (χ1) is 4.41. The molecule has 0 aromatic rings. The van der Waals surface area contributed by atoms with E-state index >= 15 is 0 Å². The summed E-state index contributed by atoms with van der Waals surface area (Å²) >= 11 is 0. The third-order valence-corrected chi connectivity index (χ3v) is 0.578. The van der Waals surface area contributed by atoms with E-state index in [0.717, 1.165) is 12.8 Å². The van der Waals surface area contributed by atoms with Gasteiger partial charge in [0.25, 0.3) is 0 Å². The Morgan fingerprint density at radius 1 is 1.22 bits per heavy atom. The molecule has 0 saturated heterocycles. The first-order valence-corrected chi connectivity index (χ1v) is 2.60. The summed E-state index contributed by atoms with van der Waals surface area (Å²) in [5.41, 5.74) is 0. The molecule has 0 rings (SSSR count). The minimum absolute atomic E-state index is 0.771. The van der Waals surface area contributed by atoms with Crippen molar-refractivity contribution in [2.75, 3.05) is 0 Å². The summed E-state index contributed by atoms with van der Waals surface area (Å²) < 4.78 is 0. The molecule has 0 aromatic carbocycles. The third kappa shape index (κ3) is 6.68. The van der Waals surface area contributed by atoms with Crippen LogP contribution in [0, 0.1) is 42.9 Å². The average molecular weight is 114 g/mol. The van der Waals surface area contributed by atoms with Gasteiger partial charge in [-0.05, 0) is 36.5 Å². The van der Waals surface area contributed by atoms with Gasteiger partial charge < -0.3 is 0 Å². The van der Waals surface area contributed by atoms with Gasteiger partial charge in [0.1, 0.15) is 0 Å². The summed E-state index contributed by atoms with van der Waals surface area (Å²) in [5.74, 6) is 11.9. The monoisotopic (exact) mass is 114 g/mol.